The van der Waals surface area contributed by atoms with Crippen LogP contribution in [0.5, 0.6) is 11.5 Å². The standard InChI is InChI=1S/C21H25N3O7S/c1-3-31-20-13-17(18(24(26)27)14-19(20)30-2)21(25)22-9-11-23(12-10-22)32(28,29)15-16-7-5-4-6-8-16/h4-8,13-14H,3,9-12,15H2,1-2H3. The lowest BCUT2D eigenvalue weighted by molar-refractivity contribution is -0.385. The van der Waals surface area contributed by atoms with Crippen molar-refractivity contribution in [2.75, 3.05) is 39.9 Å². The maximum absolute atomic E-state index is 13.1. The molecule has 0 aliphatic carbocycles. The Hall–Kier alpha value is -3.18. The van der Waals surface area contributed by atoms with Gasteiger partial charge >= 0.3 is 0 Å². The van der Waals surface area contributed by atoms with Crippen LogP contribution in [0.1, 0.15) is 22.8 Å². The highest BCUT2D eigenvalue weighted by molar-refractivity contribution is 7.88. The van der Waals surface area contributed by atoms with Crippen molar-refractivity contribution < 1.29 is 27.6 Å². The van der Waals surface area contributed by atoms with E-state index in [4.69, 9.17) is 9.47 Å². The van der Waals surface area contributed by atoms with E-state index in [1.807, 2.05) is 6.07 Å². The Balaban J connectivity index is 1.76. The van der Waals surface area contributed by atoms with Crippen LogP contribution >= 0.6 is 0 Å². The van der Waals surface area contributed by atoms with E-state index in [1.54, 1.807) is 31.2 Å². The molecule has 1 aliphatic heterocycles. The number of nitro groups is 1. The van der Waals surface area contributed by atoms with E-state index in [9.17, 15) is 23.3 Å². The van der Waals surface area contributed by atoms with Gasteiger partial charge in [0.05, 0.1) is 30.5 Å². The topological polar surface area (TPSA) is 119 Å². The van der Waals surface area contributed by atoms with Crippen molar-refractivity contribution in [1.82, 2.24) is 9.21 Å². The first-order valence-electron chi connectivity index (χ1n) is 10.1. The number of methoxy groups -OCH3 is 1. The Kier molecular flexibility index (Phi) is 7.31. The number of carbonyl (C=O) groups is 1. The van der Waals surface area contributed by atoms with E-state index in [1.165, 1.54) is 28.4 Å². The molecular weight excluding hydrogens is 438 g/mol. The zero-order chi connectivity index (χ0) is 23.3. The van der Waals surface area contributed by atoms with Gasteiger partial charge in [0.2, 0.25) is 10.0 Å². The number of sulfonamides is 1. The second-order valence-electron chi connectivity index (χ2n) is 7.14. The zero-order valence-corrected chi connectivity index (χ0v) is 18.7. The molecule has 1 amide bonds. The minimum Gasteiger partial charge on any atom is -0.493 e. The Bertz CT molecular complexity index is 1080. The Morgan fingerprint density at radius 1 is 1.09 bits per heavy atom. The zero-order valence-electron chi connectivity index (χ0n) is 17.9. The Labute approximate surface area is 186 Å². The average molecular weight is 464 g/mol. The number of benzene rings is 2. The van der Waals surface area contributed by atoms with E-state index >= 15 is 0 Å². The third-order valence-electron chi connectivity index (χ3n) is 5.12. The first-order chi connectivity index (χ1) is 15.3. The molecule has 0 spiro atoms. The van der Waals surface area contributed by atoms with Crippen LogP contribution in [0.25, 0.3) is 0 Å². The normalized spacial score (nSPS) is 14.8. The van der Waals surface area contributed by atoms with Gasteiger partial charge in [-0.2, -0.15) is 4.31 Å². The highest BCUT2D eigenvalue weighted by Crippen LogP contribution is 2.35. The number of hydrogen-bond donors (Lipinski definition) is 0. The van der Waals surface area contributed by atoms with Crippen LogP contribution in [0.4, 0.5) is 5.69 Å². The molecule has 0 atom stereocenters. The molecule has 3 rings (SSSR count). The minimum atomic E-state index is -3.54. The molecule has 1 heterocycles. The molecule has 1 saturated heterocycles. The molecule has 10 nitrogen and oxygen atoms in total. The smallest absolute Gasteiger partial charge is 0.286 e. The van der Waals surface area contributed by atoms with Gasteiger partial charge < -0.3 is 14.4 Å². The van der Waals surface area contributed by atoms with Gasteiger partial charge in [-0.1, -0.05) is 30.3 Å². The summed E-state index contributed by atoms with van der Waals surface area (Å²) in [5.41, 5.74) is 0.164. The summed E-state index contributed by atoms with van der Waals surface area (Å²) in [4.78, 5) is 25.4. The molecule has 32 heavy (non-hydrogen) atoms. The molecule has 0 radical (unpaired) electrons. The fourth-order valence-corrected chi connectivity index (χ4v) is 5.03. The van der Waals surface area contributed by atoms with E-state index in [2.05, 4.69) is 0 Å². The number of piperazine rings is 1. The molecule has 0 saturated carbocycles. The van der Waals surface area contributed by atoms with Crippen molar-refractivity contribution in [1.29, 1.82) is 0 Å². The van der Waals surface area contributed by atoms with Crippen LogP contribution in [0.15, 0.2) is 42.5 Å². The van der Waals surface area contributed by atoms with Crippen LogP contribution in [-0.4, -0.2) is 68.3 Å². The lowest BCUT2D eigenvalue weighted by Crippen LogP contribution is -2.50. The summed E-state index contributed by atoms with van der Waals surface area (Å²) in [7, 11) is -2.18. The maximum atomic E-state index is 13.1. The van der Waals surface area contributed by atoms with E-state index in [0.717, 1.165) is 0 Å². The number of hydrogen-bond acceptors (Lipinski definition) is 7. The van der Waals surface area contributed by atoms with Crippen LogP contribution in [0.3, 0.4) is 0 Å². The molecular formula is C21H25N3O7S. The van der Waals surface area contributed by atoms with Crippen molar-refractivity contribution >= 4 is 21.6 Å². The SMILES string of the molecule is CCOc1cc(C(=O)N2CCN(S(=O)(=O)Cc3ccccc3)CC2)c([N+](=O)[O-])cc1OC. The number of ether oxygens (including phenoxy) is 2. The van der Waals surface area contributed by atoms with Crippen LogP contribution in [-0.2, 0) is 15.8 Å². The predicted molar refractivity (Wildman–Crippen MR) is 117 cm³/mol. The second kappa shape index (κ2) is 9.96. The summed E-state index contributed by atoms with van der Waals surface area (Å²) >= 11 is 0. The van der Waals surface area contributed by atoms with Crippen molar-refractivity contribution in [2.45, 2.75) is 12.7 Å². The van der Waals surface area contributed by atoms with Crippen molar-refractivity contribution in [3.05, 3.63) is 63.7 Å². The molecule has 0 bridgehead atoms. The largest absolute Gasteiger partial charge is 0.493 e. The van der Waals surface area contributed by atoms with Gasteiger partial charge in [0, 0.05) is 32.2 Å². The summed E-state index contributed by atoms with van der Waals surface area (Å²) in [5, 5.41) is 11.6. The van der Waals surface area contributed by atoms with Gasteiger partial charge in [-0.05, 0) is 12.5 Å². The third-order valence-corrected chi connectivity index (χ3v) is 6.97. The van der Waals surface area contributed by atoms with E-state index in [-0.39, 0.29) is 49.0 Å². The molecule has 2 aromatic carbocycles. The first-order valence-corrected chi connectivity index (χ1v) is 11.7. The molecule has 2 aromatic rings. The van der Waals surface area contributed by atoms with Gasteiger partial charge in [-0.3, -0.25) is 14.9 Å². The fraction of sp³-hybridized carbons (Fsp3) is 0.381. The molecule has 1 aliphatic rings. The Morgan fingerprint density at radius 3 is 2.31 bits per heavy atom. The van der Waals surface area contributed by atoms with Gasteiger partial charge in [0.25, 0.3) is 11.6 Å². The molecule has 11 heteroatoms. The number of nitro benzene ring substituents is 1. The van der Waals surface area contributed by atoms with E-state index in [0.29, 0.717) is 12.2 Å². The molecule has 1 fully saturated rings. The quantitative estimate of drug-likeness (QED) is 0.435. The molecule has 172 valence electrons. The average Bonchev–Trinajstić information content (AvgIpc) is 2.79. The highest BCUT2D eigenvalue weighted by Gasteiger charge is 2.33. The number of nitrogens with zero attached hydrogens (tertiary/aromatic N) is 3. The van der Waals surface area contributed by atoms with Gasteiger partial charge in [-0.25, -0.2) is 8.42 Å². The summed E-state index contributed by atoms with van der Waals surface area (Å²) in [5.74, 6) is -0.288. The van der Waals surface area contributed by atoms with Crippen LogP contribution in [0, 0.1) is 10.1 Å². The third kappa shape index (κ3) is 5.17. The summed E-state index contributed by atoms with van der Waals surface area (Å²) in [6.45, 7) is 2.52. The van der Waals surface area contributed by atoms with Gasteiger partial charge in [0.15, 0.2) is 11.5 Å². The van der Waals surface area contributed by atoms with Gasteiger partial charge in [-0.15, -0.1) is 0 Å². The summed E-state index contributed by atoms with van der Waals surface area (Å²) in [6, 6.07) is 11.3. The lowest BCUT2D eigenvalue weighted by Gasteiger charge is -2.34. The van der Waals surface area contributed by atoms with Crippen LogP contribution < -0.4 is 9.47 Å². The highest BCUT2D eigenvalue weighted by atomic mass is 32.2. The summed E-state index contributed by atoms with van der Waals surface area (Å²) < 4.78 is 37.4. The van der Waals surface area contributed by atoms with Crippen LogP contribution in [0.2, 0.25) is 0 Å². The van der Waals surface area contributed by atoms with Crippen molar-refractivity contribution in [3.63, 3.8) is 0 Å². The lowest BCUT2D eigenvalue weighted by atomic mass is 10.1. The molecule has 0 unspecified atom stereocenters. The first kappa shape index (κ1) is 23.5. The minimum absolute atomic E-state index is 0.114. The maximum Gasteiger partial charge on any atom is 0.286 e. The van der Waals surface area contributed by atoms with Gasteiger partial charge in [0.1, 0.15) is 5.56 Å². The monoisotopic (exact) mass is 463 g/mol. The summed E-state index contributed by atoms with van der Waals surface area (Å²) in [6.07, 6.45) is 0. The number of rotatable bonds is 8. The fourth-order valence-electron chi connectivity index (χ4n) is 3.52. The second-order valence-corrected chi connectivity index (χ2v) is 9.11. The number of amides is 1. The van der Waals surface area contributed by atoms with E-state index < -0.39 is 26.5 Å². The molecule has 0 N–H and O–H groups in total. The van der Waals surface area contributed by atoms with Crippen molar-refractivity contribution in [3.8, 4) is 11.5 Å². The van der Waals surface area contributed by atoms with Crippen molar-refractivity contribution in [2.24, 2.45) is 0 Å². The number of carbonyl (C=O) groups excluding carboxylic acids is 1. The Morgan fingerprint density at radius 2 is 1.75 bits per heavy atom. The molecule has 0 aromatic heterocycles. The predicted octanol–water partition coefficient (Wildman–Crippen LogP) is 2.29.